The van der Waals surface area contributed by atoms with Crippen molar-refractivity contribution in [1.82, 2.24) is 24.9 Å². The van der Waals surface area contributed by atoms with Crippen LogP contribution in [0.25, 0.3) is 5.78 Å². The Kier molecular flexibility index (Phi) is 6.16. The number of aryl methyl sites for hydroxylation is 2. The number of fused-ring (bicyclic) bond motifs is 1. The molecule has 9 heteroatoms. The van der Waals surface area contributed by atoms with Crippen molar-refractivity contribution < 1.29 is 19.0 Å². The van der Waals surface area contributed by atoms with Crippen LogP contribution in [0.3, 0.4) is 0 Å². The fourth-order valence-electron chi connectivity index (χ4n) is 3.28. The summed E-state index contributed by atoms with van der Waals surface area (Å²) in [6.45, 7) is 4.23. The number of benzene rings is 1. The molecule has 3 rings (SSSR count). The third kappa shape index (κ3) is 4.23. The van der Waals surface area contributed by atoms with Crippen molar-refractivity contribution in [2.24, 2.45) is 0 Å². The van der Waals surface area contributed by atoms with E-state index in [0.29, 0.717) is 42.4 Å². The second-order valence-corrected chi connectivity index (χ2v) is 6.54. The van der Waals surface area contributed by atoms with Crippen LogP contribution >= 0.6 is 0 Å². The Hall–Kier alpha value is -3.36. The van der Waals surface area contributed by atoms with Gasteiger partial charge in [-0.3, -0.25) is 4.79 Å². The second-order valence-electron chi connectivity index (χ2n) is 6.54. The number of ether oxygens (including phenoxy) is 3. The molecule has 1 N–H and O–H groups in total. The van der Waals surface area contributed by atoms with Gasteiger partial charge in [0.25, 0.3) is 5.78 Å². The lowest BCUT2D eigenvalue weighted by atomic mass is 10.1. The minimum Gasteiger partial charge on any atom is -0.493 e. The van der Waals surface area contributed by atoms with Gasteiger partial charge < -0.3 is 19.5 Å². The largest absolute Gasteiger partial charge is 0.493 e. The second kappa shape index (κ2) is 8.76. The summed E-state index contributed by atoms with van der Waals surface area (Å²) in [5.74, 6) is 2.13. The van der Waals surface area contributed by atoms with Gasteiger partial charge in [-0.2, -0.15) is 10.1 Å². The quantitative estimate of drug-likeness (QED) is 0.618. The molecule has 0 saturated carbocycles. The zero-order chi connectivity index (χ0) is 21.0. The molecule has 0 bridgehead atoms. The first kappa shape index (κ1) is 20.4. The number of hydrogen-bond donors (Lipinski definition) is 1. The van der Waals surface area contributed by atoms with Gasteiger partial charge in [-0.25, -0.2) is 9.50 Å². The van der Waals surface area contributed by atoms with E-state index in [0.717, 1.165) is 22.5 Å². The molecule has 0 fully saturated rings. The highest BCUT2D eigenvalue weighted by atomic mass is 16.5. The average Bonchev–Trinajstić information content (AvgIpc) is 3.19. The van der Waals surface area contributed by atoms with Crippen molar-refractivity contribution in [2.75, 3.05) is 21.3 Å². The predicted molar refractivity (Wildman–Crippen MR) is 107 cm³/mol. The molecule has 0 saturated heterocycles. The van der Waals surface area contributed by atoms with E-state index >= 15 is 0 Å². The van der Waals surface area contributed by atoms with Crippen LogP contribution in [0.1, 0.15) is 28.9 Å². The highest BCUT2D eigenvalue weighted by Crippen LogP contribution is 2.38. The van der Waals surface area contributed by atoms with Crippen LogP contribution in [0.15, 0.2) is 18.5 Å². The van der Waals surface area contributed by atoms with Gasteiger partial charge in [0.1, 0.15) is 6.33 Å². The van der Waals surface area contributed by atoms with Crippen molar-refractivity contribution >= 4 is 11.7 Å². The molecule has 2 heterocycles. The maximum atomic E-state index is 12.4. The van der Waals surface area contributed by atoms with Crippen LogP contribution in [0.4, 0.5) is 0 Å². The lowest BCUT2D eigenvalue weighted by Gasteiger charge is -2.14. The van der Waals surface area contributed by atoms with Crippen LogP contribution in [-0.4, -0.2) is 46.8 Å². The summed E-state index contributed by atoms with van der Waals surface area (Å²) < 4.78 is 17.7. The molecule has 0 unspecified atom stereocenters. The van der Waals surface area contributed by atoms with Crippen LogP contribution in [0.5, 0.6) is 17.2 Å². The number of hydrogen-bond acceptors (Lipinski definition) is 7. The molecule has 1 amide bonds. The first-order chi connectivity index (χ1) is 14.0. The standard InChI is InChI=1S/C20H25N5O4/c1-12-15(13(2)25-20(24-12)22-11-23-25)6-7-18(26)21-10-14-8-16(27-3)19(29-5)17(9-14)28-4/h8-9,11H,6-7,10H2,1-5H3,(H,21,26). The van der Waals surface area contributed by atoms with E-state index in [1.807, 2.05) is 26.0 Å². The molecule has 9 nitrogen and oxygen atoms in total. The third-order valence-electron chi connectivity index (χ3n) is 4.80. The van der Waals surface area contributed by atoms with E-state index in [1.54, 1.807) is 25.8 Å². The van der Waals surface area contributed by atoms with Crippen LogP contribution in [0.2, 0.25) is 0 Å². The first-order valence-corrected chi connectivity index (χ1v) is 9.19. The van der Waals surface area contributed by atoms with Gasteiger partial charge in [0.15, 0.2) is 11.5 Å². The van der Waals surface area contributed by atoms with Gasteiger partial charge in [0, 0.05) is 24.4 Å². The van der Waals surface area contributed by atoms with Gasteiger partial charge in [0.05, 0.1) is 21.3 Å². The molecule has 2 aromatic heterocycles. The first-order valence-electron chi connectivity index (χ1n) is 9.19. The van der Waals surface area contributed by atoms with Crippen molar-refractivity contribution in [3.05, 3.63) is 41.0 Å². The zero-order valence-corrected chi connectivity index (χ0v) is 17.3. The third-order valence-corrected chi connectivity index (χ3v) is 4.80. The number of nitrogens with zero attached hydrogens (tertiary/aromatic N) is 4. The molecule has 154 valence electrons. The Labute approximate surface area is 169 Å². The van der Waals surface area contributed by atoms with Crippen molar-refractivity contribution in [3.8, 4) is 17.2 Å². The number of rotatable bonds is 8. The maximum Gasteiger partial charge on any atom is 0.252 e. The molecule has 0 radical (unpaired) electrons. The predicted octanol–water partition coefficient (Wildman–Crippen LogP) is 2.02. The molecule has 3 aromatic rings. The summed E-state index contributed by atoms with van der Waals surface area (Å²) in [6, 6.07) is 3.64. The topological polar surface area (TPSA) is 99.9 Å². The van der Waals surface area contributed by atoms with Crippen molar-refractivity contribution in [2.45, 2.75) is 33.2 Å². The van der Waals surface area contributed by atoms with Gasteiger partial charge in [-0.1, -0.05) is 0 Å². The lowest BCUT2D eigenvalue weighted by molar-refractivity contribution is -0.121. The van der Waals surface area contributed by atoms with Gasteiger partial charge in [0.2, 0.25) is 11.7 Å². The summed E-state index contributed by atoms with van der Waals surface area (Å²) in [5, 5.41) is 7.11. The minimum absolute atomic E-state index is 0.0590. The van der Waals surface area contributed by atoms with Crippen molar-refractivity contribution in [1.29, 1.82) is 0 Å². The SMILES string of the molecule is COc1cc(CNC(=O)CCc2c(C)nc3ncnn3c2C)cc(OC)c1OC. The number of amides is 1. The zero-order valence-electron chi connectivity index (χ0n) is 17.3. The minimum atomic E-state index is -0.0590. The molecule has 0 spiro atoms. The summed E-state index contributed by atoms with van der Waals surface area (Å²) in [4.78, 5) is 21.0. The van der Waals surface area contributed by atoms with Gasteiger partial charge in [-0.05, 0) is 43.5 Å². The normalized spacial score (nSPS) is 10.8. The molecule has 1 aromatic carbocycles. The van der Waals surface area contributed by atoms with E-state index in [9.17, 15) is 4.79 Å². The van der Waals surface area contributed by atoms with E-state index in [2.05, 4.69) is 20.4 Å². The van der Waals surface area contributed by atoms with E-state index < -0.39 is 0 Å². The Bertz CT molecular complexity index is 1010. The summed E-state index contributed by atoms with van der Waals surface area (Å²) in [7, 11) is 4.67. The number of carbonyl (C=O) groups excluding carboxylic acids is 1. The maximum absolute atomic E-state index is 12.4. The molecule has 0 atom stereocenters. The molecule has 0 aliphatic heterocycles. The van der Waals surface area contributed by atoms with E-state index in [1.165, 1.54) is 6.33 Å². The Balaban J connectivity index is 1.65. The summed E-state index contributed by atoms with van der Waals surface area (Å²) in [6.07, 6.45) is 2.39. The molecular weight excluding hydrogens is 374 g/mol. The Morgan fingerprint density at radius 2 is 1.79 bits per heavy atom. The monoisotopic (exact) mass is 399 g/mol. The van der Waals surface area contributed by atoms with Crippen LogP contribution < -0.4 is 19.5 Å². The Morgan fingerprint density at radius 1 is 1.10 bits per heavy atom. The van der Waals surface area contributed by atoms with Crippen LogP contribution in [0, 0.1) is 13.8 Å². The molecule has 0 aliphatic carbocycles. The number of nitrogens with one attached hydrogen (secondary N) is 1. The average molecular weight is 399 g/mol. The highest BCUT2D eigenvalue weighted by molar-refractivity contribution is 5.76. The molecule has 0 aliphatic rings. The molecule has 29 heavy (non-hydrogen) atoms. The van der Waals surface area contributed by atoms with Crippen molar-refractivity contribution in [3.63, 3.8) is 0 Å². The fraction of sp³-hybridized carbons (Fsp3) is 0.400. The summed E-state index contributed by atoms with van der Waals surface area (Å²) in [5.41, 5.74) is 3.67. The van der Waals surface area contributed by atoms with E-state index in [4.69, 9.17) is 14.2 Å². The van der Waals surface area contributed by atoms with Crippen LogP contribution in [-0.2, 0) is 17.8 Å². The summed E-state index contributed by atoms with van der Waals surface area (Å²) >= 11 is 0. The number of aromatic nitrogens is 4. The Morgan fingerprint density at radius 3 is 2.41 bits per heavy atom. The number of carbonyl (C=O) groups is 1. The highest BCUT2D eigenvalue weighted by Gasteiger charge is 2.15. The van der Waals surface area contributed by atoms with E-state index in [-0.39, 0.29) is 5.91 Å². The number of methoxy groups -OCH3 is 3. The van der Waals surface area contributed by atoms with Gasteiger partial charge in [-0.15, -0.1) is 0 Å². The lowest BCUT2D eigenvalue weighted by Crippen LogP contribution is -2.23. The smallest absolute Gasteiger partial charge is 0.252 e. The fourth-order valence-corrected chi connectivity index (χ4v) is 3.28. The van der Waals surface area contributed by atoms with Gasteiger partial charge >= 0.3 is 0 Å². The molecular formula is C20H25N5O4.